The minimum Gasteiger partial charge on any atom is -0.324 e. The molecule has 0 bridgehead atoms. The lowest BCUT2D eigenvalue weighted by atomic mass is 9.91. The van der Waals surface area contributed by atoms with E-state index in [1.54, 1.807) is 36.3 Å². The van der Waals surface area contributed by atoms with Crippen LogP contribution in [0.25, 0.3) is 0 Å². The van der Waals surface area contributed by atoms with Crippen molar-refractivity contribution in [2.75, 3.05) is 5.32 Å². The molecule has 0 radical (unpaired) electrons. The van der Waals surface area contributed by atoms with E-state index >= 15 is 0 Å². The molecule has 1 N–H and O–H groups in total. The van der Waals surface area contributed by atoms with Gasteiger partial charge in [0.1, 0.15) is 17.2 Å². The molecule has 0 aromatic heterocycles. The maximum Gasteiger partial charge on any atom is 0.250 e. The van der Waals surface area contributed by atoms with Crippen molar-refractivity contribution < 1.29 is 14.0 Å². The summed E-state index contributed by atoms with van der Waals surface area (Å²) in [6.45, 7) is 1.66. The molecule has 7 heteroatoms. The molecule has 2 heterocycles. The van der Waals surface area contributed by atoms with Crippen LogP contribution < -0.4 is 5.32 Å². The summed E-state index contributed by atoms with van der Waals surface area (Å²) in [4.78, 5) is 30.2. The number of halogens is 2. The van der Waals surface area contributed by atoms with Gasteiger partial charge in [-0.1, -0.05) is 17.7 Å². The highest BCUT2D eigenvalue weighted by Gasteiger charge is 2.45. The van der Waals surface area contributed by atoms with Crippen LogP contribution in [0.15, 0.2) is 47.6 Å². The number of amides is 2. The average molecular weight is 334 g/mol. The first-order chi connectivity index (χ1) is 10.9. The van der Waals surface area contributed by atoms with Crippen LogP contribution >= 0.6 is 11.6 Å². The van der Waals surface area contributed by atoms with Crippen molar-refractivity contribution in [2.24, 2.45) is 4.99 Å². The zero-order valence-electron chi connectivity index (χ0n) is 12.2. The highest BCUT2D eigenvalue weighted by molar-refractivity contribution is 6.31. The van der Waals surface area contributed by atoms with Crippen molar-refractivity contribution in [3.63, 3.8) is 0 Å². The summed E-state index contributed by atoms with van der Waals surface area (Å²) < 4.78 is 13.2. The van der Waals surface area contributed by atoms with Crippen LogP contribution in [0, 0.1) is 5.82 Å². The summed E-state index contributed by atoms with van der Waals surface area (Å²) in [7, 11) is 0. The van der Waals surface area contributed by atoms with E-state index in [0.29, 0.717) is 11.5 Å². The number of benzene rings is 1. The third kappa shape index (κ3) is 2.77. The molecule has 2 aliphatic heterocycles. The van der Waals surface area contributed by atoms with E-state index in [1.165, 1.54) is 18.2 Å². The Kier molecular flexibility index (Phi) is 3.77. The molecule has 0 fully saturated rings. The SMILES string of the molecule is CC1(C(=O)Nc2ccc(F)c(Cl)c2)CC(=O)N=C2C=CC=CN21. The Hall–Kier alpha value is -2.47. The summed E-state index contributed by atoms with van der Waals surface area (Å²) in [5.74, 6) is -0.923. The number of nitrogens with one attached hydrogen (secondary N) is 1. The molecule has 0 spiro atoms. The standard InChI is InChI=1S/C16H13ClFN3O2/c1-16(9-14(22)20-13-4-2-3-7-21(13)16)15(23)19-10-5-6-12(18)11(17)8-10/h2-8H,9H2,1H3,(H,19,23). The molecule has 0 aliphatic carbocycles. The van der Waals surface area contributed by atoms with E-state index in [-0.39, 0.29) is 17.4 Å². The first-order valence-electron chi connectivity index (χ1n) is 6.92. The van der Waals surface area contributed by atoms with E-state index in [1.807, 2.05) is 0 Å². The predicted molar refractivity (Wildman–Crippen MR) is 85.6 cm³/mol. The summed E-state index contributed by atoms with van der Waals surface area (Å²) in [5.41, 5.74) is -0.772. The van der Waals surface area contributed by atoms with Gasteiger partial charge in [0.05, 0.1) is 11.4 Å². The first kappa shape index (κ1) is 15.4. The van der Waals surface area contributed by atoms with Crippen LogP contribution in [0.3, 0.4) is 0 Å². The van der Waals surface area contributed by atoms with Gasteiger partial charge in [-0.2, -0.15) is 4.99 Å². The number of hydrogen-bond donors (Lipinski definition) is 1. The monoisotopic (exact) mass is 333 g/mol. The molecule has 1 aromatic carbocycles. The summed E-state index contributed by atoms with van der Waals surface area (Å²) in [6, 6.07) is 3.90. The van der Waals surface area contributed by atoms with Crippen LogP contribution in [0.5, 0.6) is 0 Å². The van der Waals surface area contributed by atoms with Crippen molar-refractivity contribution in [1.82, 2.24) is 4.90 Å². The van der Waals surface area contributed by atoms with Crippen LogP contribution in [-0.4, -0.2) is 28.1 Å². The van der Waals surface area contributed by atoms with Crippen LogP contribution in [0.1, 0.15) is 13.3 Å². The predicted octanol–water partition coefficient (Wildman–Crippen LogP) is 2.89. The lowest BCUT2D eigenvalue weighted by Gasteiger charge is -2.41. The van der Waals surface area contributed by atoms with Crippen LogP contribution in [-0.2, 0) is 9.59 Å². The van der Waals surface area contributed by atoms with E-state index in [2.05, 4.69) is 10.3 Å². The van der Waals surface area contributed by atoms with Crippen molar-refractivity contribution in [2.45, 2.75) is 18.9 Å². The van der Waals surface area contributed by atoms with E-state index in [0.717, 1.165) is 0 Å². The van der Waals surface area contributed by atoms with Crippen LogP contribution in [0.2, 0.25) is 5.02 Å². The number of nitrogens with zero attached hydrogens (tertiary/aromatic N) is 2. The number of amidine groups is 1. The Bertz CT molecular complexity index is 788. The summed E-state index contributed by atoms with van der Waals surface area (Å²) in [6.07, 6.45) is 6.80. The first-order valence-corrected chi connectivity index (χ1v) is 7.30. The smallest absolute Gasteiger partial charge is 0.250 e. The van der Waals surface area contributed by atoms with Gasteiger partial charge in [-0.3, -0.25) is 9.59 Å². The zero-order valence-corrected chi connectivity index (χ0v) is 13.0. The van der Waals surface area contributed by atoms with Gasteiger partial charge in [-0.05, 0) is 37.3 Å². The normalized spacial score (nSPS) is 22.7. The number of carbonyl (C=O) groups is 2. The number of aliphatic imine (C=N–C) groups is 1. The molecule has 0 saturated carbocycles. The third-order valence-corrected chi connectivity index (χ3v) is 4.06. The molecule has 1 aromatic rings. The lowest BCUT2D eigenvalue weighted by molar-refractivity contribution is -0.130. The molecule has 0 saturated heterocycles. The van der Waals surface area contributed by atoms with Crippen molar-refractivity contribution in [1.29, 1.82) is 0 Å². The Morgan fingerprint density at radius 1 is 1.43 bits per heavy atom. The molecule has 5 nitrogen and oxygen atoms in total. The van der Waals surface area contributed by atoms with Gasteiger partial charge in [0.25, 0.3) is 11.8 Å². The molecule has 118 valence electrons. The number of carbonyl (C=O) groups excluding carboxylic acids is 2. The minimum absolute atomic E-state index is 0.0601. The Morgan fingerprint density at radius 2 is 2.22 bits per heavy atom. The van der Waals surface area contributed by atoms with Gasteiger partial charge in [-0.15, -0.1) is 0 Å². The quantitative estimate of drug-likeness (QED) is 0.905. The average Bonchev–Trinajstić information content (AvgIpc) is 2.50. The largest absolute Gasteiger partial charge is 0.324 e. The molecular formula is C16H13ClFN3O2. The van der Waals surface area contributed by atoms with E-state index in [9.17, 15) is 14.0 Å². The van der Waals surface area contributed by atoms with Gasteiger partial charge in [0.2, 0.25) is 0 Å². The molecule has 2 aliphatic rings. The van der Waals surface area contributed by atoms with Gasteiger partial charge in [0, 0.05) is 11.9 Å². The van der Waals surface area contributed by atoms with Gasteiger partial charge < -0.3 is 10.2 Å². The van der Waals surface area contributed by atoms with E-state index in [4.69, 9.17) is 11.6 Å². The van der Waals surface area contributed by atoms with Crippen molar-refractivity contribution in [3.8, 4) is 0 Å². The van der Waals surface area contributed by atoms with Gasteiger partial charge in [0.15, 0.2) is 0 Å². The lowest BCUT2D eigenvalue weighted by Crippen LogP contribution is -2.58. The molecule has 2 amide bonds. The third-order valence-electron chi connectivity index (χ3n) is 3.77. The highest BCUT2D eigenvalue weighted by Crippen LogP contribution is 2.30. The fourth-order valence-electron chi connectivity index (χ4n) is 2.52. The summed E-state index contributed by atoms with van der Waals surface area (Å²) in [5, 5.41) is 2.59. The second-order valence-corrected chi connectivity index (χ2v) is 5.88. The van der Waals surface area contributed by atoms with E-state index < -0.39 is 17.3 Å². The number of fused-ring (bicyclic) bond motifs is 1. The number of allylic oxidation sites excluding steroid dienone is 2. The number of rotatable bonds is 2. The second-order valence-electron chi connectivity index (χ2n) is 5.47. The topological polar surface area (TPSA) is 61.8 Å². The maximum absolute atomic E-state index is 13.2. The Morgan fingerprint density at radius 3 is 2.96 bits per heavy atom. The number of anilines is 1. The summed E-state index contributed by atoms with van der Waals surface area (Å²) >= 11 is 5.72. The van der Waals surface area contributed by atoms with Gasteiger partial charge >= 0.3 is 0 Å². The fourth-order valence-corrected chi connectivity index (χ4v) is 2.70. The Labute approximate surface area is 137 Å². The molecule has 1 unspecified atom stereocenters. The van der Waals surface area contributed by atoms with Crippen molar-refractivity contribution >= 4 is 34.9 Å². The molecule has 1 atom stereocenters. The Balaban J connectivity index is 1.89. The van der Waals surface area contributed by atoms with Gasteiger partial charge in [-0.25, -0.2) is 4.39 Å². The minimum atomic E-state index is -1.13. The number of hydrogen-bond acceptors (Lipinski definition) is 3. The molecule has 23 heavy (non-hydrogen) atoms. The van der Waals surface area contributed by atoms with Crippen LogP contribution in [0.4, 0.5) is 10.1 Å². The zero-order chi connectivity index (χ0) is 16.6. The van der Waals surface area contributed by atoms with Crippen molar-refractivity contribution in [3.05, 3.63) is 53.5 Å². The molecule has 3 rings (SSSR count). The molecular weight excluding hydrogens is 321 g/mol. The maximum atomic E-state index is 13.2. The highest BCUT2D eigenvalue weighted by atomic mass is 35.5. The second kappa shape index (κ2) is 5.62. The fraction of sp³-hybridized carbons (Fsp3) is 0.188.